The monoisotopic (exact) mass is 264 g/mol. The molecule has 1 rings (SSSR count). The van der Waals surface area contributed by atoms with E-state index in [2.05, 4.69) is 17.2 Å². The number of hydrogen-bond acceptors (Lipinski definition) is 3. The zero-order valence-electron chi connectivity index (χ0n) is 10.2. The van der Waals surface area contributed by atoms with Gasteiger partial charge in [-0.2, -0.15) is 0 Å². The van der Waals surface area contributed by atoms with Crippen LogP contribution in [0.25, 0.3) is 0 Å². The average Bonchev–Trinajstić information content (AvgIpc) is 2.37. The first-order valence-corrected chi connectivity index (χ1v) is 6.01. The van der Waals surface area contributed by atoms with Crippen LogP contribution < -0.4 is 10.6 Å². The van der Waals surface area contributed by atoms with E-state index >= 15 is 0 Å². The van der Waals surface area contributed by atoms with Crippen molar-refractivity contribution in [2.24, 2.45) is 0 Å². The number of nitrogens with one attached hydrogen (secondary N) is 2. The largest absolute Gasteiger partial charge is 0.462 e. The predicted octanol–water partition coefficient (Wildman–Crippen LogP) is 2.34. The Kier molecular flexibility index (Phi) is 5.87. The molecule has 0 unspecified atom stereocenters. The lowest BCUT2D eigenvalue weighted by molar-refractivity contribution is 0.0526. The molecule has 1 aromatic carbocycles. The fourth-order valence-electron chi connectivity index (χ4n) is 1.24. The Labute approximate surface area is 112 Å². The maximum absolute atomic E-state index is 11.4. The summed E-state index contributed by atoms with van der Waals surface area (Å²) in [5.41, 5.74) is 1.33. The quantitative estimate of drug-likeness (QED) is 0.485. The third-order valence-corrected chi connectivity index (χ3v) is 2.31. The number of benzene rings is 1. The van der Waals surface area contributed by atoms with Crippen LogP contribution in [-0.4, -0.2) is 24.2 Å². The molecule has 2 N–H and O–H groups in total. The molecule has 0 amide bonds. The number of esters is 1. The minimum absolute atomic E-state index is 0.323. The van der Waals surface area contributed by atoms with Gasteiger partial charge in [0.05, 0.1) is 12.2 Å². The lowest BCUT2D eigenvalue weighted by Crippen LogP contribution is -2.28. The highest BCUT2D eigenvalue weighted by molar-refractivity contribution is 7.80. The lowest BCUT2D eigenvalue weighted by Gasteiger charge is -2.09. The van der Waals surface area contributed by atoms with Crippen LogP contribution in [0.15, 0.2) is 36.9 Å². The van der Waals surface area contributed by atoms with E-state index in [1.54, 1.807) is 37.3 Å². The van der Waals surface area contributed by atoms with Crippen LogP contribution in [0.3, 0.4) is 0 Å². The molecule has 1 aromatic rings. The van der Waals surface area contributed by atoms with Gasteiger partial charge >= 0.3 is 5.97 Å². The first-order chi connectivity index (χ1) is 8.67. The van der Waals surface area contributed by atoms with Gasteiger partial charge in [0.1, 0.15) is 0 Å². The highest BCUT2D eigenvalue weighted by atomic mass is 32.1. The molecule has 0 bridgehead atoms. The third kappa shape index (κ3) is 4.55. The van der Waals surface area contributed by atoms with Crippen molar-refractivity contribution in [1.29, 1.82) is 0 Å². The average molecular weight is 264 g/mol. The summed E-state index contributed by atoms with van der Waals surface area (Å²) in [4.78, 5) is 11.4. The molecular formula is C13H16N2O2S. The maximum atomic E-state index is 11.4. The Morgan fingerprint density at radius 2 is 2.11 bits per heavy atom. The summed E-state index contributed by atoms with van der Waals surface area (Å²) in [7, 11) is 0. The van der Waals surface area contributed by atoms with Crippen LogP contribution in [0.1, 0.15) is 17.3 Å². The number of carbonyl (C=O) groups is 1. The van der Waals surface area contributed by atoms with Crippen molar-refractivity contribution in [3.05, 3.63) is 42.5 Å². The minimum Gasteiger partial charge on any atom is -0.462 e. The van der Waals surface area contributed by atoms with E-state index in [0.717, 1.165) is 5.69 Å². The lowest BCUT2D eigenvalue weighted by atomic mass is 10.2. The Hall–Kier alpha value is -1.88. The van der Waals surface area contributed by atoms with Gasteiger partial charge in [0.25, 0.3) is 0 Å². The first kappa shape index (κ1) is 14.2. The second-order valence-corrected chi connectivity index (χ2v) is 3.83. The molecule has 0 aliphatic carbocycles. The molecule has 0 radical (unpaired) electrons. The van der Waals surface area contributed by atoms with Crippen molar-refractivity contribution in [1.82, 2.24) is 5.32 Å². The summed E-state index contributed by atoms with van der Waals surface area (Å²) in [6, 6.07) is 6.93. The van der Waals surface area contributed by atoms with E-state index in [1.165, 1.54) is 0 Å². The van der Waals surface area contributed by atoms with E-state index in [4.69, 9.17) is 17.0 Å². The van der Waals surface area contributed by atoms with E-state index in [-0.39, 0.29) is 5.97 Å². The van der Waals surface area contributed by atoms with Crippen LogP contribution in [0.2, 0.25) is 0 Å². The fourth-order valence-corrected chi connectivity index (χ4v) is 1.45. The first-order valence-electron chi connectivity index (χ1n) is 5.60. The van der Waals surface area contributed by atoms with Crippen molar-refractivity contribution in [3.8, 4) is 0 Å². The summed E-state index contributed by atoms with van der Waals surface area (Å²) in [6.45, 7) is 6.34. The molecule has 0 aliphatic rings. The van der Waals surface area contributed by atoms with Crippen molar-refractivity contribution >= 4 is 29.0 Å². The van der Waals surface area contributed by atoms with Gasteiger partial charge in [-0.3, -0.25) is 0 Å². The van der Waals surface area contributed by atoms with Gasteiger partial charge in [-0.25, -0.2) is 4.79 Å². The zero-order chi connectivity index (χ0) is 13.4. The van der Waals surface area contributed by atoms with Gasteiger partial charge in [0, 0.05) is 12.2 Å². The van der Waals surface area contributed by atoms with Crippen molar-refractivity contribution in [2.45, 2.75) is 6.92 Å². The normalized spacial score (nSPS) is 9.39. The van der Waals surface area contributed by atoms with Gasteiger partial charge in [-0.1, -0.05) is 6.08 Å². The zero-order valence-corrected chi connectivity index (χ0v) is 11.0. The topological polar surface area (TPSA) is 50.4 Å². The summed E-state index contributed by atoms with van der Waals surface area (Å²) in [5, 5.41) is 6.46. The standard InChI is InChI=1S/C13H16N2O2S/c1-3-9-14-13(18)15-11-7-5-10(6-8-11)12(16)17-4-2/h3,5-8H,1,4,9H2,2H3,(H2,14,15,18). The molecular weight excluding hydrogens is 248 g/mol. The second kappa shape index (κ2) is 7.45. The van der Waals surface area contributed by atoms with E-state index in [9.17, 15) is 4.79 Å². The number of thiocarbonyl (C=S) groups is 1. The van der Waals surface area contributed by atoms with Crippen LogP contribution >= 0.6 is 12.2 Å². The predicted molar refractivity (Wildman–Crippen MR) is 76.8 cm³/mol. The fraction of sp³-hybridized carbons (Fsp3) is 0.231. The van der Waals surface area contributed by atoms with Gasteiger partial charge in [-0.05, 0) is 43.4 Å². The van der Waals surface area contributed by atoms with Crippen molar-refractivity contribution in [2.75, 3.05) is 18.5 Å². The molecule has 0 aromatic heterocycles. The summed E-state index contributed by atoms with van der Waals surface area (Å²) < 4.78 is 4.89. The number of rotatable bonds is 5. The summed E-state index contributed by atoms with van der Waals surface area (Å²) in [6.07, 6.45) is 1.72. The molecule has 0 saturated carbocycles. The minimum atomic E-state index is -0.323. The SMILES string of the molecule is C=CCNC(=S)Nc1ccc(C(=O)OCC)cc1. The maximum Gasteiger partial charge on any atom is 0.338 e. The van der Waals surface area contributed by atoms with E-state index in [1.807, 2.05) is 0 Å². The molecule has 0 heterocycles. The van der Waals surface area contributed by atoms with Crippen molar-refractivity contribution < 1.29 is 9.53 Å². The number of ether oxygens (including phenoxy) is 1. The van der Waals surface area contributed by atoms with Gasteiger partial charge in [0.2, 0.25) is 0 Å². The molecule has 0 spiro atoms. The Morgan fingerprint density at radius 1 is 1.44 bits per heavy atom. The smallest absolute Gasteiger partial charge is 0.338 e. The van der Waals surface area contributed by atoms with Crippen LogP contribution in [0, 0.1) is 0 Å². The summed E-state index contributed by atoms with van der Waals surface area (Å²) in [5.74, 6) is -0.323. The molecule has 4 nitrogen and oxygen atoms in total. The molecule has 5 heteroatoms. The van der Waals surface area contributed by atoms with Crippen molar-refractivity contribution in [3.63, 3.8) is 0 Å². The van der Waals surface area contributed by atoms with Crippen LogP contribution in [-0.2, 0) is 4.74 Å². The Bertz CT molecular complexity index is 429. The Morgan fingerprint density at radius 3 is 2.67 bits per heavy atom. The third-order valence-electron chi connectivity index (χ3n) is 2.06. The summed E-state index contributed by atoms with van der Waals surface area (Å²) >= 11 is 5.07. The molecule has 96 valence electrons. The molecule has 0 saturated heterocycles. The van der Waals surface area contributed by atoms with Gasteiger partial charge in [0.15, 0.2) is 5.11 Å². The number of carbonyl (C=O) groups excluding carboxylic acids is 1. The highest BCUT2D eigenvalue weighted by Crippen LogP contribution is 2.10. The van der Waals surface area contributed by atoms with Crippen LogP contribution in [0.4, 0.5) is 5.69 Å². The van der Waals surface area contributed by atoms with Gasteiger partial charge in [-0.15, -0.1) is 6.58 Å². The molecule has 0 aliphatic heterocycles. The molecule has 0 fully saturated rings. The Balaban J connectivity index is 2.57. The van der Waals surface area contributed by atoms with E-state index < -0.39 is 0 Å². The second-order valence-electron chi connectivity index (χ2n) is 3.42. The number of anilines is 1. The van der Waals surface area contributed by atoms with Gasteiger partial charge < -0.3 is 15.4 Å². The molecule has 0 atom stereocenters. The molecule has 18 heavy (non-hydrogen) atoms. The highest BCUT2D eigenvalue weighted by Gasteiger charge is 2.05. The van der Waals surface area contributed by atoms with E-state index in [0.29, 0.717) is 23.8 Å². The number of hydrogen-bond donors (Lipinski definition) is 2. The van der Waals surface area contributed by atoms with Crippen LogP contribution in [0.5, 0.6) is 0 Å².